The molecular formula is C16H31NO5. The van der Waals surface area contributed by atoms with Gasteiger partial charge in [0.1, 0.15) is 5.78 Å². The molecule has 0 aromatic heterocycles. The summed E-state index contributed by atoms with van der Waals surface area (Å²) in [4.78, 5) is 22.5. The lowest BCUT2D eigenvalue weighted by molar-refractivity contribution is -0.122. The molecule has 1 amide bonds. The average molecular weight is 317 g/mol. The Morgan fingerprint density at radius 1 is 1.00 bits per heavy atom. The van der Waals surface area contributed by atoms with Crippen molar-refractivity contribution in [2.45, 2.75) is 58.5 Å². The summed E-state index contributed by atoms with van der Waals surface area (Å²) in [6.07, 6.45) is 3.13. The number of carbonyl (C=O) groups is 2. The fraction of sp³-hybridized carbons (Fsp3) is 0.875. The van der Waals surface area contributed by atoms with Crippen molar-refractivity contribution >= 4 is 11.7 Å². The minimum absolute atomic E-state index is 0.0620. The number of nitrogens with one attached hydrogen (secondary N) is 1. The van der Waals surface area contributed by atoms with E-state index in [0.717, 1.165) is 12.8 Å². The highest BCUT2D eigenvalue weighted by molar-refractivity contribution is 5.78. The van der Waals surface area contributed by atoms with E-state index in [1.807, 2.05) is 13.8 Å². The van der Waals surface area contributed by atoms with Crippen LogP contribution < -0.4 is 5.32 Å². The van der Waals surface area contributed by atoms with Crippen molar-refractivity contribution in [1.82, 2.24) is 5.32 Å². The number of rotatable bonds is 15. The van der Waals surface area contributed by atoms with E-state index < -0.39 is 0 Å². The molecule has 130 valence electrons. The molecule has 0 aliphatic heterocycles. The molecule has 0 aromatic carbocycles. The lowest BCUT2D eigenvalue weighted by Gasteiger charge is -2.09. The van der Waals surface area contributed by atoms with Gasteiger partial charge in [-0.2, -0.15) is 0 Å². The first-order valence-corrected chi connectivity index (χ1v) is 8.22. The van der Waals surface area contributed by atoms with Crippen LogP contribution in [0.5, 0.6) is 0 Å². The van der Waals surface area contributed by atoms with Crippen molar-refractivity contribution in [3.63, 3.8) is 0 Å². The molecule has 1 atom stereocenters. The maximum absolute atomic E-state index is 11.5. The smallest absolute Gasteiger partial charge is 0.220 e. The fourth-order valence-electron chi connectivity index (χ4n) is 1.81. The van der Waals surface area contributed by atoms with Crippen LogP contribution >= 0.6 is 0 Å². The zero-order valence-electron chi connectivity index (χ0n) is 13.9. The molecule has 0 bridgehead atoms. The zero-order chi connectivity index (χ0) is 16.6. The lowest BCUT2D eigenvalue weighted by atomic mass is 10.1. The summed E-state index contributed by atoms with van der Waals surface area (Å²) in [6.45, 7) is 6.07. The number of amides is 1. The largest absolute Gasteiger partial charge is 0.393 e. The SMILES string of the molecule is CCCC(O)CCC(=O)NCCOCCOCCC(=O)CC. The molecule has 0 spiro atoms. The van der Waals surface area contributed by atoms with Gasteiger partial charge in [-0.25, -0.2) is 0 Å². The van der Waals surface area contributed by atoms with Crippen LogP contribution in [0.2, 0.25) is 0 Å². The molecule has 0 radical (unpaired) electrons. The van der Waals surface area contributed by atoms with Crippen LogP contribution in [0.1, 0.15) is 52.4 Å². The Kier molecular flexibility index (Phi) is 14.3. The van der Waals surface area contributed by atoms with Crippen LogP contribution in [0.15, 0.2) is 0 Å². The lowest BCUT2D eigenvalue weighted by Crippen LogP contribution is -2.28. The topological polar surface area (TPSA) is 84.9 Å². The molecule has 0 aromatic rings. The van der Waals surface area contributed by atoms with E-state index in [1.54, 1.807) is 0 Å². The maximum atomic E-state index is 11.5. The summed E-state index contributed by atoms with van der Waals surface area (Å²) in [5.74, 6) is 0.140. The van der Waals surface area contributed by atoms with Gasteiger partial charge in [0.2, 0.25) is 5.91 Å². The van der Waals surface area contributed by atoms with Gasteiger partial charge in [-0.1, -0.05) is 20.3 Å². The van der Waals surface area contributed by atoms with Gasteiger partial charge in [0, 0.05) is 25.8 Å². The molecule has 0 fully saturated rings. The minimum atomic E-state index is -0.385. The van der Waals surface area contributed by atoms with E-state index in [1.165, 1.54) is 0 Å². The van der Waals surface area contributed by atoms with Crippen LogP contribution in [-0.4, -0.2) is 55.9 Å². The van der Waals surface area contributed by atoms with Crippen molar-refractivity contribution in [3.05, 3.63) is 0 Å². The van der Waals surface area contributed by atoms with Gasteiger partial charge < -0.3 is 19.9 Å². The van der Waals surface area contributed by atoms with Crippen LogP contribution in [0.25, 0.3) is 0 Å². The Balaban J connectivity index is 3.28. The van der Waals surface area contributed by atoms with Crippen LogP contribution in [-0.2, 0) is 19.1 Å². The molecular weight excluding hydrogens is 286 g/mol. The summed E-state index contributed by atoms with van der Waals surface area (Å²) in [5, 5.41) is 12.3. The molecule has 0 saturated carbocycles. The summed E-state index contributed by atoms with van der Waals surface area (Å²) >= 11 is 0. The number of aliphatic hydroxyl groups excluding tert-OH is 1. The van der Waals surface area contributed by atoms with E-state index in [9.17, 15) is 14.7 Å². The predicted octanol–water partition coefficient (Wildman–Crippen LogP) is 1.45. The average Bonchev–Trinajstić information content (AvgIpc) is 2.51. The molecule has 0 aliphatic rings. The molecule has 1 unspecified atom stereocenters. The Labute approximate surface area is 133 Å². The summed E-state index contributed by atoms with van der Waals surface area (Å²) in [6, 6.07) is 0. The van der Waals surface area contributed by atoms with Gasteiger partial charge >= 0.3 is 0 Å². The second-order valence-electron chi connectivity index (χ2n) is 5.20. The van der Waals surface area contributed by atoms with Gasteiger partial charge in [0.05, 0.1) is 32.5 Å². The number of Topliss-reactive ketones (excluding diaryl/α,β-unsaturated/α-hetero) is 1. The van der Waals surface area contributed by atoms with Gasteiger partial charge in [0.25, 0.3) is 0 Å². The van der Waals surface area contributed by atoms with E-state index in [0.29, 0.717) is 58.7 Å². The van der Waals surface area contributed by atoms with Crippen LogP contribution in [0.3, 0.4) is 0 Å². The summed E-state index contributed by atoms with van der Waals surface area (Å²) < 4.78 is 10.6. The molecule has 0 rings (SSSR count). The maximum Gasteiger partial charge on any atom is 0.220 e. The monoisotopic (exact) mass is 317 g/mol. The first kappa shape index (κ1) is 21.0. The first-order chi connectivity index (χ1) is 10.6. The third-order valence-corrected chi connectivity index (χ3v) is 3.19. The third-order valence-electron chi connectivity index (χ3n) is 3.19. The van der Waals surface area contributed by atoms with E-state index in [4.69, 9.17) is 9.47 Å². The molecule has 0 aliphatic carbocycles. The zero-order valence-corrected chi connectivity index (χ0v) is 13.9. The highest BCUT2D eigenvalue weighted by Gasteiger charge is 2.06. The first-order valence-electron chi connectivity index (χ1n) is 8.22. The number of aliphatic hydroxyl groups is 1. The summed E-state index contributed by atoms with van der Waals surface area (Å²) in [5.41, 5.74) is 0. The van der Waals surface area contributed by atoms with Crippen LogP contribution in [0.4, 0.5) is 0 Å². The number of hydrogen-bond donors (Lipinski definition) is 2. The predicted molar refractivity (Wildman–Crippen MR) is 84.7 cm³/mol. The van der Waals surface area contributed by atoms with Crippen molar-refractivity contribution in [2.75, 3.05) is 33.0 Å². The summed E-state index contributed by atoms with van der Waals surface area (Å²) in [7, 11) is 0. The van der Waals surface area contributed by atoms with Crippen LogP contribution in [0, 0.1) is 0 Å². The van der Waals surface area contributed by atoms with E-state index in [2.05, 4.69) is 5.32 Å². The minimum Gasteiger partial charge on any atom is -0.393 e. The molecule has 2 N–H and O–H groups in total. The highest BCUT2D eigenvalue weighted by atomic mass is 16.5. The molecule has 0 saturated heterocycles. The molecule has 0 heterocycles. The van der Waals surface area contributed by atoms with E-state index in [-0.39, 0.29) is 17.8 Å². The fourth-order valence-corrected chi connectivity index (χ4v) is 1.81. The number of ether oxygens (including phenoxy) is 2. The highest BCUT2D eigenvalue weighted by Crippen LogP contribution is 2.03. The Hall–Kier alpha value is -0.980. The van der Waals surface area contributed by atoms with Crippen molar-refractivity contribution in [3.8, 4) is 0 Å². The van der Waals surface area contributed by atoms with Gasteiger partial charge in [-0.05, 0) is 12.8 Å². The second kappa shape index (κ2) is 14.9. The third kappa shape index (κ3) is 14.0. The Morgan fingerprint density at radius 3 is 2.32 bits per heavy atom. The second-order valence-corrected chi connectivity index (χ2v) is 5.20. The van der Waals surface area contributed by atoms with E-state index >= 15 is 0 Å². The van der Waals surface area contributed by atoms with Gasteiger partial charge in [-0.3, -0.25) is 9.59 Å². The quantitative estimate of drug-likeness (QED) is 0.447. The van der Waals surface area contributed by atoms with Gasteiger partial charge in [-0.15, -0.1) is 0 Å². The number of ketones is 1. The van der Waals surface area contributed by atoms with Crippen molar-refractivity contribution in [2.24, 2.45) is 0 Å². The Morgan fingerprint density at radius 2 is 1.68 bits per heavy atom. The van der Waals surface area contributed by atoms with Crippen molar-refractivity contribution < 1.29 is 24.2 Å². The van der Waals surface area contributed by atoms with Crippen molar-refractivity contribution in [1.29, 1.82) is 0 Å². The van der Waals surface area contributed by atoms with Gasteiger partial charge in [0.15, 0.2) is 0 Å². The normalized spacial score (nSPS) is 12.1. The molecule has 6 nitrogen and oxygen atoms in total. The standard InChI is InChI=1S/C16H31NO5/c1-3-5-15(19)6-7-16(20)17-9-11-22-13-12-21-10-8-14(18)4-2/h15,19H,3-13H2,1-2H3,(H,17,20). The number of carbonyl (C=O) groups excluding carboxylic acids is 2. The Bertz CT molecular complexity index is 296. The molecule has 6 heteroatoms. The number of hydrogen-bond acceptors (Lipinski definition) is 5. The molecule has 22 heavy (non-hydrogen) atoms.